The van der Waals surface area contributed by atoms with Gasteiger partial charge in [0.25, 0.3) is 0 Å². The number of carbonyl (C=O) groups is 1. The molecule has 0 saturated heterocycles. The number of hydrogen-bond acceptors (Lipinski definition) is 5. The molecule has 0 atom stereocenters. The molecule has 0 aliphatic carbocycles. The molecule has 0 aromatic heterocycles. The average molecular weight is 310 g/mol. The molecule has 0 radical (unpaired) electrons. The van der Waals surface area contributed by atoms with Crippen molar-refractivity contribution < 1.29 is 14.6 Å². The molecule has 0 fully saturated rings. The van der Waals surface area contributed by atoms with E-state index in [-0.39, 0.29) is 5.70 Å². The van der Waals surface area contributed by atoms with E-state index in [0.29, 0.717) is 23.3 Å². The summed E-state index contributed by atoms with van der Waals surface area (Å²) in [6.07, 6.45) is 0.665. The molecule has 0 aliphatic heterocycles. The lowest BCUT2D eigenvalue weighted by Gasteiger charge is -2.03. The van der Waals surface area contributed by atoms with Crippen LogP contribution in [0.5, 0.6) is 5.75 Å². The minimum atomic E-state index is -0.414. The smallest absolute Gasteiger partial charge is 0.216 e. The minimum absolute atomic E-state index is 0.130. The highest BCUT2D eigenvalue weighted by Gasteiger charge is 2.12. The maximum Gasteiger partial charge on any atom is 0.216 e. The van der Waals surface area contributed by atoms with E-state index in [9.17, 15) is 9.90 Å². The van der Waals surface area contributed by atoms with E-state index in [0.717, 1.165) is 11.1 Å². The van der Waals surface area contributed by atoms with Crippen molar-refractivity contribution in [2.45, 2.75) is 13.8 Å². The zero-order valence-electron chi connectivity index (χ0n) is 13.3. The van der Waals surface area contributed by atoms with Gasteiger partial charge in [-0.3, -0.25) is 4.79 Å². The van der Waals surface area contributed by atoms with E-state index in [2.05, 4.69) is 10.2 Å². The molecule has 0 unspecified atom stereocenters. The summed E-state index contributed by atoms with van der Waals surface area (Å²) < 4.78 is 5.05. The van der Waals surface area contributed by atoms with E-state index in [1.54, 1.807) is 31.4 Å². The first kappa shape index (κ1) is 16.4. The Morgan fingerprint density at radius 1 is 1.09 bits per heavy atom. The van der Waals surface area contributed by atoms with Crippen LogP contribution in [-0.4, -0.2) is 18.0 Å². The Kier molecular flexibility index (Phi) is 5.25. The summed E-state index contributed by atoms with van der Waals surface area (Å²) >= 11 is 0. The Bertz CT molecular complexity index is 742. The molecule has 5 heteroatoms. The summed E-state index contributed by atoms with van der Waals surface area (Å²) in [5.74, 6) is 0.233. The van der Waals surface area contributed by atoms with Gasteiger partial charge in [0, 0.05) is 5.56 Å². The van der Waals surface area contributed by atoms with Crippen molar-refractivity contribution in [3.8, 4) is 5.75 Å². The van der Waals surface area contributed by atoms with Crippen LogP contribution in [0.15, 0.2) is 64.7 Å². The second-order valence-electron chi connectivity index (χ2n) is 5.12. The Balaban J connectivity index is 2.21. The second kappa shape index (κ2) is 7.35. The Hall–Kier alpha value is -2.95. The van der Waals surface area contributed by atoms with Crippen molar-refractivity contribution in [3.63, 3.8) is 0 Å². The summed E-state index contributed by atoms with van der Waals surface area (Å²) in [6.45, 7) is 3.91. The van der Waals surface area contributed by atoms with E-state index >= 15 is 0 Å². The highest BCUT2D eigenvalue weighted by Crippen LogP contribution is 2.20. The largest absolute Gasteiger partial charge is 0.513 e. The van der Waals surface area contributed by atoms with Crippen molar-refractivity contribution in [1.82, 2.24) is 0 Å². The first-order valence-corrected chi connectivity index (χ1v) is 7.06. The zero-order valence-corrected chi connectivity index (χ0v) is 13.3. The highest BCUT2D eigenvalue weighted by molar-refractivity contribution is 6.08. The maximum atomic E-state index is 12.3. The number of aryl methyl sites for hydroxylation is 2. The van der Waals surface area contributed by atoms with Crippen molar-refractivity contribution in [3.05, 3.63) is 71.1 Å². The van der Waals surface area contributed by atoms with E-state index in [1.807, 2.05) is 32.0 Å². The number of aliphatic hydroxyl groups is 1. The Morgan fingerprint density at radius 3 is 2.22 bits per heavy atom. The monoisotopic (exact) mass is 310 g/mol. The Labute approximate surface area is 135 Å². The lowest BCUT2D eigenvalue weighted by molar-refractivity contribution is 0.102. The number of azo groups is 1. The summed E-state index contributed by atoms with van der Waals surface area (Å²) in [5.41, 5.74) is 2.99. The number of carbonyl (C=O) groups excluding carboxylic acids is 1. The van der Waals surface area contributed by atoms with Crippen molar-refractivity contribution in [2.75, 3.05) is 7.11 Å². The number of aliphatic hydroxyl groups excluding tert-OH is 1. The summed E-state index contributed by atoms with van der Waals surface area (Å²) in [4.78, 5) is 12.3. The van der Waals surface area contributed by atoms with Gasteiger partial charge in [0.2, 0.25) is 5.78 Å². The molecular formula is C18H18N2O3. The van der Waals surface area contributed by atoms with Crippen LogP contribution in [0.25, 0.3) is 0 Å². The fourth-order valence-corrected chi connectivity index (χ4v) is 2.14. The molecule has 23 heavy (non-hydrogen) atoms. The van der Waals surface area contributed by atoms with Crippen molar-refractivity contribution in [2.24, 2.45) is 10.2 Å². The first-order chi connectivity index (χ1) is 11.0. The fraction of sp³-hybridized carbons (Fsp3) is 0.167. The van der Waals surface area contributed by atoms with Gasteiger partial charge in [-0.25, -0.2) is 0 Å². The standard InChI is InChI=1S/C18H18N2O3/c1-12-8-13(2)10-15(9-12)19-20-17(11-21)18(22)14-4-6-16(23-3)7-5-14/h4-11,21H,1-3H3/b17-11-,20-19?. The van der Waals surface area contributed by atoms with Crippen LogP contribution in [-0.2, 0) is 0 Å². The average Bonchev–Trinajstić information content (AvgIpc) is 2.54. The molecule has 0 amide bonds. The normalized spacial score (nSPS) is 11.7. The second-order valence-corrected chi connectivity index (χ2v) is 5.12. The molecule has 0 saturated carbocycles. The molecule has 0 heterocycles. The number of benzene rings is 2. The molecule has 2 aromatic rings. The van der Waals surface area contributed by atoms with Gasteiger partial charge in [-0.15, -0.1) is 5.11 Å². The van der Waals surface area contributed by atoms with Gasteiger partial charge in [0.1, 0.15) is 12.0 Å². The third-order valence-corrected chi connectivity index (χ3v) is 3.19. The van der Waals surface area contributed by atoms with Crippen LogP contribution < -0.4 is 4.74 Å². The third-order valence-electron chi connectivity index (χ3n) is 3.19. The first-order valence-electron chi connectivity index (χ1n) is 7.06. The van der Waals surface area contributed by atoms with Gasteiger partial charge in [0.05, 0.1) is 12.8 Å². The molecule has 2 rings (SSSR count). The molecule has 5 nitrogen and oxygen atoms in total. The van der Waals surface area contributed by atoms with E-state index in [4.69, 9.17) is 4.74 Å². The number of methoxy groups -OCH3 is 1. The number of ether oxygens (including phenoxy) is 1. The molecule has 2 aromatic carbocycles. The molecule has 0 spiro atoms. The number of nitrogens with zero attached hydrogens (tertiary/aromatic N) is 2. The third kappa shape index (κ3) is 4.26. The number of allylic oxidation sites excluding steroid dienone is 1. The van der Waals surface area contributed by atoms with Gasteiger partial charge in [-0.05, 0) is 61.4 Å². The van der Waals surface area contributed by atoms with Crippen LogP contribution in [0.1, 0.15) is 21.5 Å². The van der Waals surface area contributed by atoms with Crippen LogP contribution in [0.4, 0.5) is 5.69 Å². The molecule has 0 aliphatic rings. The van der Waals surface area contributed by atoms with Crippen molar-refractivity contribution >= 4 is 11.5 Å². The van der Waals surface area contributed by atoms with E-state index in [1.165, 1.54) is 0 Å². The quantitative estimate of drug-likeness (QED) is 0.377. The van der Waals surface area contributed by atoms with Crippen molar-refractivity contribution in [1.29, 1.82) is 0 Å². The zero-order chi connectivity index (χ0) is 16.8. The summed E-state index contributed by atoms with van der Waals surface area (Å²) in [5, 5.41) is 17.2. The SMILES string of the molecule is COc1ccc(C(=O)/C(=C/O)N=Nc2cc(C)cc(C)c2)cc1. The lowest BCUT2D eigenvalue weighted by Crippen LogP contribution is -2.01. The van der Waals surface area contributed by atoms with Gasteiger partial charge in [-0.1, -0.05) is 6.07 Å². The van der Waals surface area contributed by atoms with Crippen LogP contribution in [0, 0.1) is 13.8 Å². The maximum absolute atomic E-state index is 12.3. The number of rotatable bonds is 5. The lowest BCUT2D eigenvalue weighted by atomic mass is 10.1. The molecule has 1 N–H and O–H groups in total. The van der Waals surface area contributed by atoms with Crippen LogP contribution >= 0.6 is 0 Å². The van der Waals surface area contributed by atoms with Gasteiger partial charge in [-0.2, -0.15) is 5.11 Å². The number of ketones is 1. The highest BCUT2D eigenvalue weighted by atomic mass is 16.5. The van der Waals surface area contributed by atoms with Gasteiger partial charge in [0.15, 0.2) is 5.70 Å². The molecule has 0 bridgehead atoms. The number of hydrogen-bond donors (Lipinski definition) is 1. The van der Waals surface area contributed by atoms with E-state index < -0.39 is 5.78 Å². The molecular weight excluding hydrogens is 292 g/mol. The molecule has 118 valence electrons. The Morgan fingerprint density at radius 2 is 1.70 bits per heavy atom. The summed E-state index contributed by atoms with van der Waals surface area (Å²) in [6, 6.07) is 12.3. The number of Topliss-reactive ketones (excluding diaryl/α,β-unsaturated/α-hetero) is 1. The van der Waals surface area contributed by atoms with Crippen LogP contribution in [0.2, 0.25) is 0 Å². The summed E-state index contributed by atoms with van der Waals surface area (Å²) in [7, 11) is 1.55. The predicted molar refractivity (Wildman–Crippen MR) is 88.5 cm³/mol. The van der Waals surface area contributed by atoms with Crippen LogP contribution in [0.3, 0.4) is 0 Å². The topological polar surface area (TPSA) is 71.2 Å². The minimum Gasteiger partial charge on any atom is -0.513 e. The predicted octanol–water partition coefficient (Wildman–Crippen LogP) is 4.68. The van der Waals surface area contributed by atoms with Gasteiger partial charge >= 0.3 is 0 Å². The van der Waals surface area contributed by atoms with Gasteiger partial charge < -0.3 is 9.84 Å². The fourth-order valence-electron chi connectivity index (χ4n) is 2.14.